The van der Waals surface area contributed by atoms with Crippen LogP contribution in [0.1, 0.15) is 357 Å². The third kappa shape index (κ3) is 35.5. The fourth-order valence-electron chi connectivity index (χ4n) is 12.0. The van der Waals surface area contributed by atoms with E-state index in [2.05, 4.69) is 243 Å². The Labute approximate surface area is 693 Å². The Hall–Kier alpha value is -7.75. The van der Waals surface area contributed by atoms with Gasteiger partial charge in [-0.1, -0.05) is 254 Å². The zero-order valence-corrected chi connectivity index (χ0v) is 77.4. The van der Waals surface area contributed by atoms with Gasteiger partial charge in [-0.15, -0.1) is 0 Å². The van der Waals surface area contributed by atoms with E-state index in [1.54, 1.807) is 45.1 Å². The van der Waals surface area contributed by atoms with Crippen LogP contribution in [0.4, 0.5) is 8.78 Å². The van der Waals surface area contributed by atoms with Gasteiger partial charge in [-0.3, -0.25) is 0 Å². The number of hydrogen-bond acceptors (Lipinski definition) is 7. The van der Waals surface area contributed by atoms with Crippen LogP contribution >= 0.6 is 11.6 Å². The molecule has 1 fully saturated rings. The molecule has 1 atom stereocenters. The van der Waals surface area contributed by atoms with Crippen molar-refractivity contribution in [2.24, 2.45) is 0 Å². The maximum absolute atomic E-state index is 13.5. The van der Waals surface area contributed by atoms with Gasteiger partial charge in [0.15, 0.2) is 23.1 Å². The average molecular weight is 1570 g/mol. The number of allylic oxidation sites excluding steroid dienone is 1. The number of ether oxygens (including phenoxy) is 7. The third-order valence-corrected chi connectivity index (χ3v) is 20.5. The molecule has 626 valence electrons. The quantitative estimate of drug-likeness (QED) is 0.0597. The number of rotatable bonds is 24. The number of benzene rings is 8. The van der Waals surface area contributed by atoms with Crippen LogP contribution in [0.3, 0.4) is 0 Å². The summed E-state index contributed by atoms with van der Waals surface area (Å²) in [5.74, 6) is 9.74. The Morgan fingerprint density at radius 2 is 0.814 bits per heavy atom. The van der Waals surface area contributed by atoms with Crippen LogP contribution in [0.5, 0.6) is 40.2 Å². The third-order valence-electron chi connectivity index (χ3n) is 20.2. The summed E-state index contributed by atoms with van der Waals surface area (Å²) in [6.07, 6.45) is 6.82. The summed E-state index contributed by atoms with van der Waals surface area (Å²) in [5.41, 5.74) is 19.3. The molecule has 0 N–H and O–H groups in total. The zero-order valence-electron chi connectivity index (χ0n) is 76.6. The number of hydrogen-bond donors (Lipinski definition) is 0. The molecule has 10 heteroatoms. The summed E-state index contributed by atoms with van der Waals surface area (Å²) < 4.78 is 65.1. The molecule has 8 aromatic carbocycles. The highest BCUT2D eigenvalue weighted by Crippen LogP contribution is 2.40. The van der Waals surface area contributed by atoms with Crippen LogP contribution in [0.25, 0.3) is 5.57 Å². The molecule has 0 bridgehead atoms. The number of methoxy groups -OCH3 is 3. The standard InChI is InChI=1S/C15H24O.C14H22O2.C14H20.C13H18.C12H17ClO.2C12H17FO.C11H16O/c1-7-15(4,5)13-9-8-12(11(2)3)10-14(13)16-6;1-6-11(4)16-13-8-7-12(10(2)3)9-14(13)15-5;1-10(2)13-7-8-14(11(3)9-13)12-5-4-6-12;1-9(2)12-6-7-13(10(3)4)11(5)8-12;1-8(2)10-5-6-12(11(13)7-10)14-9(3)4;1-8(2)11-6-5-10(7-12(11)13)14-9(3)4;1-8(2)10-5-6-12(11(13)7-10)14-9(3)4;1-8(2)10-6-5-9(3)11(7-10)12-4/h8-11H,7H2,1-6H3;7-11H,6H2,1-5H3;7-10,12H,4-6H2,1-3H3;6-9H,3H2,1-2,4-5H3;3*5-9H,1-4H3;5-8H,1-4H3. The predicted octanol–water partition coefficient (Wildman–Crippen LogP) is 31.9. The van der Waals surface area contributed by atoms with Crippen LogP contribution in [0.2, 0.25) is 5.02 Å². The number of halogens is 3. The largest absolute Gasteiger partial charge is 0.496 e. The van der Waals surface area contributed by atoms with E-state index in [4.69, 9.17) is 44.8 Å². The van der Waals surface area contributed by atoms with E-state index in [0.717, 1.165) is 64.2 Å². The smallest absolute Gasteiger partial charge is 0.165 e. The normalized spacial score (nSPS) is 12.0. The molecule has 1 unspecified atom stereocenters. The first-order valence-corrected chi connectivity index (χ1v) is 42.2. The molecule has 0 heterocycles. The van der Waals surface area contributed by atoms with E-state index < -0.39 is 0 Å². The maximum Gasteiger partial charge on any atom is 0.165 e. The van der Waals surface area contributed by atoms with Gasteiger partial charge in [0.25, 0.3) is 0 Å². The van der Waals surface area contributed by atoms with Gasteiger partial charge in [-0.25, -0.2) is 8.78 Å². The topological polar surface area (TPSA) is 64.6 Å². The molecule has 1 aliphatic rings. The second kappa shape index (κ2) is 50.6. The molecule has 0 aromatic heterocycles. The van der Waals surface area contributed by atoms with E-state index in [-0.39, 0.29) is 47.4 Å². The molecular weight excluding hydrogens is 1420 g/mol. The second-order valence-electron chi connectivity index (χ2n) is 34.1. The monoisotopic (exact) mass is 1570 g/mol. The van der Waals surface area contributed by atoms with Gasteiger partial charge in [0.05, 0.1) is 50.8 Å². The van der Waals surface area contributed by atoms with Gasteiger partial charge in [0.2, 0.25) is 0 Å². The molecule has 113 heavy (non-hydrogen) atoms. The van der Waals surface area contributed by atoms with Crippen molar-refractivity contribution in [3.63, 3.8) is 0 Å². The molecule has 9 rings (SSSR count). The van der Waals surface area contributed by atoms with Crippen molar-refractivity contribution in [2.75, 3.05) is 21.3 Å². The summed E-state index contributed by atoms with van der Waals surface area (Å²) in [4.78, 5) is 0. The van der Waals surface area contributed by atoms with E-state index >= 15 is 0 Å². The highest BCUT2D eigenvalue weighted by molar-refractivity contribution is 6.32. The fourth-order valence-corrected chi connectivity index (χ4v) is 12.2. The van der Waals surface area contributed by atoms with E-state index in [9.17, 15) is 8.78 Å². The molecule has 0 amide bonds. The summed E-state index contributed by atoms with van der Waals surface area (Å²) in [6, 6.07) is 49.0. The molecule has 1 aliphatic carbocycles. The van der Waals surface area contributed by atoms with Crippen molar-refractivity contribution in [3.8, 4) is 40.2 Å². The zero-order chi connectivity index (χ0) is 85.9. The van der Waals surface area contributed by atoms with Gasteiger partial charge in [-0.05, 0) is 293 Å². The van der Waals surface area contributed by atoms with E-state index in [1.807, 2.05) is 99.6 Å². The highest BCUT2D eigenvalue weighted by Gasteiger charge is 2.24. The van der Waals surface area contributed by atoms with Crippen molar-refractivity contribution in [2.45, 2.75) is 330 Å². The minimum Gasteiger partial charge on any atom is -0.496 e. The molecule has 7 nitrogen and oxygen atoms in total. The Kier molecular flexibility index (Phi) is 45.3. The second-order valence-corrected chi connectivity index (χ2v) is 34.5. The lowest BCUT2D eigenvalue weighted by Crippen LogP contribution is -2.16. The molecule has 1 saturated carbocycles. The molecule has 8 aromatic rings. The van der Waals surface area contributed by atoms with Gasteiger partial charge in [0.1, 0.15) is 28.8 Å². The Balaban J connectivity index is 0.000000439. The Bertz CT molecular complexity index is 4010. The van der Waals surface area contributed by atoms with Crippen LogP contribution < -0.4 is 33.2 Å². The van der Waals surface area contributed by atoms with Crippen molar-refractivity contribution in [3.05, 3.63) is 247 Å². The first kappa shape index (κ1) is 101. The van der Waals surface area contributed by atoms with Crippen molar-refractivity contribution in [1.82, 2.24) is 0 Å². The minimum absolute atomic E-state index is 0.00870. The summed E-state index contributed by atoms with van der Waals surface area (Å²) >= 11 is 6.09. The summed E-state index contributed by atoms with van der Waals surface area (Å²) in [6.45, 7) is 69.4. The van der Waals surface area contributed by atoms with Gasteiger partial charge < -0.3 is 33.2 Å². The lowest BCUT2D eigenvalue weighted by Gasteiger charge is -2.27. The number of aryl methyl sites for hydroxylation is 3. The van der Waals surface area contributed by atoms with Crippen molar-refractivity contribution < 1.29 is 41.9 Å². The van der Waals surface area contributed by atoms with Crippen molar-refractivity contribution >= 4 is 17.2 Å². The van der Waals surface area contributed by atoms with Gasteiger partial charge in [-0.2, -0.15) is 0 Å². The molecule has 0 aliphatic heterocycles. The Morgan fingerprint density at radius 3 is 1.21 bits per heavy atom. The SMILES string of the molecule is C=C(C)c1ccc(C(C)C)cc1C.CC(C)Oc1ccc(C(C)C)c(F)c1.CC(C)Oc1ccc(C(C)C)cc1Cl.CC(C)Oc1ccc(C(C)C)cc1F.CCC(C)(C)c1ccc(C(C)C)cc1OC.CCC(C)Oc1ccc(C(C)C)cc1OC.COc1cc(C(C)C)ccc1C.Cc1cc(C(C)C)ccc1C1CCC1. The molecule has 0 saturated heterocycles. The average Bonchev–Trinajstić information content (AvgIpc) is 0.800. The summed E-state index contributed by atoms with van der Waals surface area (Å²) in [5, 5.41) is 0.699. The van der Waals surface area contributed by atoms with Crippen LogP contribution in [0, 0.1) is 32.4 Å². The fraction of sp³-hybridized carbons (Fsp3) is 0.515. The predicted molar refractivity (Wildman–Crippen MR) is 485 cm³/mol. The molecule has 0 radical (unpaired) electrons. The van der Waals surface area contributed by atoms with Crippen LogP contribution in [-0.4, -0.2) is 45.7 Å². The van der Waals surface area contributed by atoms with Gasteiger partial charge in [0, 0.05) is 6.07 Å². The summed E-state index contributed by atoms with van der Waals surface area (Å²) in [7, 11) is 5.16. The minimum atomic E-state index is -0.273. The Morgan fingerprint density at radius 1 is 0.407 bits per heavy atom. The highest BCUT2D eigenvalue weighted by atomic mass is 35.5. The van der Waals surface area contributed by atoms with Crippen LogP contribution in [0.15, 0.2) is 152 Å². The molecular formula is C103H151ClF2O7. The van der Waals surface area contributed by atoms with Crippen molar-refractivity contribution in [1.29, 1.82) is 0 Å². The first-order valence-electron chi connectivity index (χ1n) is 41.8. The lowest BCUT2D eigenvalue weighted by atomic mass is 9.78. The molecule has 0 spiro atoms. The first-order chi connectivity index (χ1) is 52.9. The maximum atomic E-state index is 13.5. The lowest BCUT2D eigenvalue weighted by molar-refractivity contribution is 0.207. The van der Waals surface area contributed by atoms with E-state index in [0.29, 0.717) is 57.9 Å². The van der Waals surface area contributed by atoms with Gasteiger partial charge >= 0.3 is 0 Å². The van der Waals surface area contributed by atoms with Crippen LogP contribution in [-0.2, 0) is 5.41 Å². The van der Waals surface area contributed by atoms with E-state index in [1.165, 1.54) is 86.5 Å².